The van der Waals surface area contributed by atoms with Gasteiger partial charge in [0, 0.05) is 55.2 Å². The highest BCUT2D eigenvalue weighted by Gasteiger charge is 2.52. The number of rotatable bonds is 5. The molecule has 1 N–H and O–H groups in total. The Kier molecular flexibility index (Phi) is 5.19. The van der Waals surface area contributed by atoms with E-state index in [1.807, 2.05) is 25.1 Å². The Bertz CT molecular complexity index is 887. The van der Waals surface area contributed by atoms with Crippen molar-refractivity contribution in [3.8, 4) is 11.5 Å². The van der Waals surface area contributed by atoms with Crippen LogP contribution in [0.25, 0.3) is 0 Å². The number of hydrogen-bond acceptors (Lipinski definition) is 5. The van der Waals surface area contributed by atoms with Crippen LogP contribution < -0.4 is 9.47 Å². The van der Waals surface area contributed by atoms with Crippen LogP contribution in [-0.2, 0) is 18.6 Å². The molecule has 1 aromatic heterocycles. The van der Waals surface area contributed by atoms with Gasteiger partial charge in [-0.2, -0.15) is 0 Å². The summed E-state index contributed by atoms with van der Waals surface area (Å²) in [5.41, 5.74) is 2.46. The second-order valence-electron chi connectivity index (χ2n) is 9.19. The molecule has 2 aromatic rings. The van der Waals surface area contributed by atoms with Gasteiger partial charge in [0.05, 0.1) is 12.3 Å². The van der Waals surface area contributed by atoms with E-state index in [0.29, 0.717) is 6.61 Å². The fourth-order valence-corrected chi connectivity index (χ4v) is 5.83. The summed E-state index contributed by atoms with van der Waals surface area (Å²) in [7, 11) is 0. The van der Waals surface area contributed by atoms with Gasteiger partial charge in [-0.05, 0) is 51.0 Å². The van der Waals surface area contributed by atoms with Gasteiger partial charge in [0.15, 0.2) is 0 Å². The van der Waals surface area contributed by atoms with Gasteiger partial charge in [-0.25, -0.2) is 0 Å². The first kappa shape index (κ1) is 19.8. The number of pyridine rings is 1. The highest BCUT2D eigenvalue weighted by atomic mass is 16.5. The zero-order valence-electron chi connectivity index (χ0n) is 18.0. The quantitative estimate of drug-likeness (QED) is 0.813. The monoisotopic (exact) mass is 408 g/mol. The first-order chi connectivity index (χ1) is 14.6. The van der Waals surface area contributed by atoms with Gasteiger partial charge in [0.2, 0.25) is 0 Å². The molecule has 160 valence electrons. The zero-order valence-corrected chi connectivity index (χ0v) is 18.0. The molecule has 0 spiro atoms. The van der Waals surface area contributed by atoms with E-state index in [9.17, 15) is 5.11 Å². The number of ether oxygens (including phenoxy) is 2. The van der Waals surface area contributed by atoms with Crippen molar-refractivity contribution in [1.29, 1.82) is 0 Å². The van der Waals surface area contributed by atoms with Crippen molar-refractivity contribution in [2.24, 2.45) is 11.8 Å². The van der Waals surface area contributed by atoms with Gasteiger partial charge < -0.3 is 14.6 Å². The molecule has 2 aliphatic heterocycles. The molecular formula is C25H32N2O3. The first-order valence-electron chi connectivity index (χ1n) is 11.4. The third-order valence-electron chi connectivity index (χ3n) is 7.16. The Balaban J connectivity index is 1.40. The van der Waals surface area contributed by atoms with E-state index in [1.54, 1.807) is 6.20 Å². The minimum absolute atomic E-state index is 0.209. The largest absolute Gasteiger partial charge is 0.494 e. The molecule has 5 nitrogen and oxygen atoms in total. The van der Waals surface area contributed by atoms with Gasteiger partial charge in [0.1, 0.15) is 23.2 Å². The molecule has 5 heteroatoms. The number of fused-ring (bicyclic) bond motifs is 3. The Labute approximate surface area is 179 Å². The molecule has 30 heavy (non-hydrogen) atoms. The molecule has 3 atom stereocenters. The third-order valence-corrected chi connectivity index (χ3v) is 7.16. The second-order valence-corrected chi connectivity index (χ2v) is 9.19. The molecule has 0 unspecified atom stereocenters. The maximum atomic E-state index is 11.8. The molecule has 3 heterocycles. The number of likely N-dealkylation sites (tertiary alicyclic amines) is 1. The molecule has 1 saturated carbocycles. The lowest BCUT2D eigenvalue weighted by molar-refractivity contribution is -0.151. The maximum absolute atomic E-state index is 11.8. The fourth-order valence-electron chi connectivity index (χ4n) is 5.83. The summed E-state index contributed by atoms with van der Waals surface area (Å²) in [4.78, 5) is 7.04. The van der Waals surface area contributed by atoms with Crippen LogP contribution in [-0.4, -0.2) is 40.8 Å². The van der Waals surface area contributed by atoms with Gasteiger partial charge in [-0.15, -0.1) is 0 Å². The van der Waals surface area contributed by atoms with E-state index >= 15 is 0 Å². The van der Waals surface area contributed by atoms with Crippen LogP contribution in [0.5, 0.6) is 11.5 Å². The lowest BCUT2D eigenvalue weighted by Gasteiger charge is -2.52. The number of aromatic nitrogens is 1. The maximum Gasteiger partial charge on any atom is 0.124 e. The summed E-state index contributed by atoms with van der Waals surface area (Å²) >= 11 is 0. The van der Waals surface area contributed by atoms with Gasteiger partial charge in [-0.1, -0.05) is 12.5 Å². The van der Waals surface area contributed by atoms with E-state index in [4.69, 9.17) is 9.47 Å². The molecule has 2 bridgehead atoms. The zero-order chi connectivity index (χ0) is 20.7. The number of aliphatic hydroxyl groups is 1. The molecule has 1 aromatic carbocycles. The van der Waals surface area contributed by atoms with Crippen molar-refractivity contribution >= 4 is 0 Å². The Morgan fingerprint density at radius 3 is 2.73 bits per heavy atom. The minimum atomic E-state index is -0.810. The van der Waals surface area contributed by atoms with Crippen molar-refractivity contribution < 1.29 is 14.6 Å². The summed E-state index contributed by atoms with van der Waals surface area (Å²) in [6.45, 7) is 7.39. The summed E-state index contributed by atoms with van der Waals surface area (Å²) in [5.74, 6) is 2.40. The number of nitrogens with zero attached hydrogens (tertiary/aromatic N) is 2. The van der Waals surface area contributed by atoms with E-state index in [2.05, 4.69) is 28.9 Å². The Morgan fingerprint density at radius 2 is 2.03 bits per heavy atom. The first-order valence-corrected chi connectivity index (χ1v) is 11.4. The molecule has 0 radical (unpaired) electrons. The smallest absolute Gasteiger partial charge is 0.124 e. The van der Waals surface area contributed by atoms with Crippen LogP contribution >= 0.6 is 0 Å². The predicted octanol–water partition coefficient (Wildman–Crippen LogP) is 3.92. The number of benzene rings is 1. The average Bonchev–Trinajstić information content (AvgIpc) is 3.08. The molecule has 3 aliphatic rings. The third kappa shape index (κ3) is 3.38. The van der Waals surface area contributed by atoms with E-state index in [1.165, 1.54) is 17.5 Å². The van der Waals surface area contributed by atoms with Crippen molar-refractivity contribution in [2.45, 2.75) is 57.8 Å². The molecular weight excluding hydrogens is 376 g/mol. The van der Waals surface area contributed by atoms with Gasteiger partial charge in [-0.3, -0.25) is 9.88 Å². The topological polar surface area (TPSA) is 54.8 Å². The lowest BCUT2D eigenvalue weighted by Crippen LogP contribution is -2.58. The van der Waals surface area contributed by atoms with Crippen LogP contribution in [0.1, 0.15) is 49.9 Å². The van der Waals surface area contributed by atoms with Crippen LogP contribution in [0.4, 0.5) is 0 Å². The number of piperidine rings is 1. The van der Waals surface area contributed by atoms with E-state index in [0.717, 1.165) is 56.1 Å². The van der Waals surface area contributed by atoms with Crippen molar-refractivity contribution in [2.75, 3.05) is 19.7 Å². The van der Waals surface area contributed by atoms with Gasteiger partial charge in [0.25, 0.3) is 0 Å². The van der Waals surface area contributed by atoms with Crippen LogP contribution in [0.2, 0.25) is 0 Å². The van der Waals surface area contributed by atoms with Crippen molar-refractivity contribution in [3.05, 3.63) is 53.3 Å². The van der Waals surface area contributed by atoms with E-state index in [-0.39, 0.29) is 17.9 Å². The summed E-state index contributed by atoms with van der Waals surface area (Å²) < 4.78 is 12.0. The number of hydrogen-bond donors (Lipinski definition) is 1. The van der Waals surface area contributed by atoms with Crippen molar-refractivity contribution in [1.82, 2.24) is 9.88 Å². The molecule has 0 amide bonds. The highest BCUT2D eigenvalue weighted by Crippen LogP contribution is 2.49. The molecule has 1 saturated heterocycles. The second kappa shape index (κ2) is 7.86. The van der Waals surface area contributed by atoms with Crippen LogP contribution in [0.15, 0.2) is 36.5 Å². The molecule has 2 fully saturated rings. The SMILES string of the molecule is CCOc1cc2c(cc1CN1C[C@H]3CCC[C@H](C1)C3(O)c1ccccn1)O[C@H](C)C2. The van der Waals surface area contributed by atoms with Crippen molar-refractivity contribution in [3.63, 3.8) is 0 Å². The summed E-state index contributed by atoms with van der Waals surface area (Å²) in [6.07, 6.45) is 6.25. The van der Waals surface area contributed by atoms with Crippen LogP contribution in [0, 0.1) is 11.8 Å². The minimum Gasteiger partial charge on any atom is -0.494 e. The predicted molar refractivity (Wildman–Crippen MR) is 116 cm³/mol. The molecule has 1 aliphatic carbocycles. The lowest BCUT2D eigenvalue weighted by atomic mass is 9.64. The summed E-state index contributed by atoms with van der Waals surface area (Å²) in [5, 5.41) is 11.8. The van der Waals surface area contributed by atoms with Crippen LogP contribution in [0.3, 0.4) is 0 Å². The standard InChI is InChI=1S/C25H32N2O3/c1-3-29-22-12-18-11-17(2)30-23(18)13-19(22)14-27-15-20-7-6-8-21(16-27)25(20,28)24-9-4-5-10-26-24/h4-5,9-10,12-13,17,20-21,28H,3,6-8,11,14-16H2,1-2H3/t17-,20-,21-/m1/s1. The normalized spacial score (nSPS) is 30.6. The van der Waals surface area contributed by atoms with Gasteiger partial charge >= 0.3 is 0 Å². The Morgan fingerprint density at radius 1 is 1.23 bits per heavy atom. The average molecular weight is 409 g/mol. The molecule has 5 rings (SSSR count). The van der Waals surface area contributed by atoms with E-state index < -0.39 is 5.60 Å². The fraction of sp³-hybridized carbons (Fsp3) is 0.560. The Hall–Kier alpha value is -2.11. The highest BCUT2D eigenvalue weighted by molar-refractivity contribution is 5.48. The summed E-state index contributed by atoms with van der Waals surface area (Å²) in [6, 6.07) is 10.3.